The van der Waals surface area contributed by atoms with Crippen LogP contribution in [0, 0.1) is 28.6 Å². The van der Waals surface area contributed by atoms with Crippen molar-refractivity contribution in [2.45, 2.75) is 51.4 Å². The van der Waals surface area contributed by atoms with Gasteiger partial charge in [-0.1, -0.05) is 38.2 Å². The van der Waals surface area contributed by atoms with Crippen molar-refractivity contribution in [3.63, 3.8) is 0 Å². The average Bonchev–Trinajstić information content (AvgIpc) is 2.69. The number of allylic oxidation sites excluding steroid dienone is 3. The lowest BCUT2D eigenvalue weighted by molar-refractivity contribution is -0.206. The third-order valence-corrected chi connectivity index (χ3v) is 7.19. The summed E-state index contributed by atoms with van der Waals surface area (Å²) in [7, 11) is 0. The molecular formula is C18H26FNO. The summed E-state index contributed by atoms with van der Waals surface area (Å²) in [5.74, 6) is -0.198. The molecule has 3 heteroatoms. The minimum atomic E-state index is -1.57. The molecule has 4 aliphatic rings. The Labute approximate surface area is 126 Å². The van der Waals surface area contributed by atoms with Crippen molar-refractivity contribution in [3.05, 3.63) is 24.3 Å². The van der Waals surface area contributed by atoms with Crippen molar-refractivity contribution in [2.75, 3.05) is 6.61 Å². The van der Waals surface area contributed by atoms with E-state index in [9.17, 15) is 4.39 Å². The van der Waals surface area contributed by atoms with Crippen LogP contribution in [0.4, 0.5) is 4.39 Å². The molecular weight excluding hydrogens is 265 g/mol. The number of ether oxygens (including phenoxy) is 1. The summed E-state index contributed by atoms with van der Waals surface area (Å²) in [5.41, 5.74) is 5.54. The predicted octanol–water partition coefficient (Wildman–Crippen LogP) is 3.58. The van der Waals surface area contributed by atoms with E-state index in [0.717, 1.165) is 12.8 Å². The van der Waals surface area contributed by atoms with E-state index in [-0.39, 0.29) is 11.5 Å². The Kier molecular flexibility index (Phi) is 2.79. The Morgan fingerprint density at radius 2 is 2.00 bits per heavy atom. The van der Waals surface area contributed by atoms with Crippen molar-refractivity contribution in [2.24, 2.45) is 34.3 Å². The largest absolute Gasteiger partial charge is 0.376 e. The number of nitrogens with two attached hydrogens (primary N) is 1. The van der Waals surface area contributed by atoms with E-state index in [2.05, 4.69) is 31.2 Å². The van der Waals surface area contributed by atoms with Gasteiger partial charge in [0.05, 0.1) is 12.7 Å². The number of fused-ring (bicyclic) bond motifs is 5. The second-order valence-electron chi connectivity index (χ2n) is 8.11. The molecule has 0 spiro atoms. The van der Waals surface area contributed by atoms with Gasteiger partial charge < -0.3 is 4.74 Å². The molecule has 0 bridgehead atoms. The molecule has 1 heterocycles. The Morgan fingerprint density at radius 3 is 2.81 bits per heavy atom. The molecule has 0 aromatic heterocycles. The van der Waals surface area contributed by atoms with Crippen LogP contribution in [-0.2, 0) is 4.74 Å². The van der Waals surface area contributed by atoms with Crippen LogP contribution in [0.5, 0.6) is 0 Å². The van der Waals surface area contributed by atoms with Gasteiger partial charge in [0.15, 0.2) is 5.79 Å². The zero-order valence-corrected chi connectivity index (χ0v) is 13.0. The van der Waals surface area contributed by atoms with Gasteiger partial charge in [0, 0.05) is 10.8 Å². The molecule has 116 valence electrons. The van der Waals surface area contributed by atoms with Crippen LogP contribution in [0.3, 0.4) is 0 Å². The highest BCUT2D eigenvalue weighted by molar-refractivity contribution is 5.24. The van der Waals surface area contributed by atoms with Gasteiger partial charge in [0.2, 0.25) is 0 Å². The molecule has 0 aromatic rings. The zero-order chi connectivity index (χ0) is 14.9. The van der Waals surface area contributed by atoms with Crippen LogP contribution in [0.2, 0.25) is 0 Å². The van der Waals surface area contributed by atoms with Gasteiger partial charge in [-0.15, -0.1) is 0 Å². The van der Waals surface area contributed by atoms with Gasteiger partial charge in [-0.05, 0) is 43.4 Å². The Bertz CT molecular complexity index is 513. The summed E-state index contributed by atoms with van der Waals surface area (Å²) in [4.78, 5) is 0. The van der Waals surface area contributed by atoms with Crippen LogP contribution >= 0.6 is 0 Å². The fourth-order valence-corrected chi connectivity index (χ4v) is 5.66. The lowest BCUT2D eigenvalue weighted by Crippen LogP contribution is -2.61. The molecule has 1 saturated heterocycles. The van der Waals surface area contributed by atoms with Gasteiger partial charge in [-0.2, -0.15) is 0 Å². The SMILES string of the molecule is C[C@]12C=CC=CC1CC[C@@H]1[C@H]2OC[C@@]2(C)[C@H]1CCC2(N)F. The highest BCUT2D eigenvalue weighted by Crippen LogP contribution is 2.62. The molecule has 3 fully saturated rings. The number of alkyl halides is 1. The fraction of sp³-hybridized carbons (Fsp3) is 0.778. The maximum absolute atomic E-state index is 14.8. The molecule has 21 heavy (non-hydrogen) atoms. The van der Waals surface area contributed by atoms with Crippen LogP contribution in [0.15, 0.2) is 24.3 Å². The summed E-state index contributed by atoms with van der Waals surface area (Å²) in [6.07, 6.45) is 12.9. The standard InChI is InChI=1S/C18H26FNO/c1-16-9-4-3-5-12(16)6-7-13-14-8-10-18(19,20)17(14,2)11-21-15(13)16/h3-5,9,12-15H,6-8,10-11,20H2,1-2H3/t12?,13-,14-,15+,16-,17-,18?/m0/s1. The summed E-state index contributed by atoms with van der Waals surface area (Å²) in [6.45, 7) is 4.79. The van der Waals surface area contributed by atoms with Crippen LogP contribution in [-0.4, -0.2) is 18.5 Å². The molecule has 2 nitrogen and oxygen atoms in total. The van der Waals surface area contributed by atoms with E-state index >= 15 is 0 Å². The average molecular weight is 291 g/mol. The third-order valence-electron chi connectivity index (χ3n) is 7.19. The first-order valence-corrected chi connectivity index (χ1v) is 8.34. The molecule has 2 saturated carbocycles. The molecule has 2 N–H and O–H groups in total. The van der Waals surface area contributed by atoms with Gasteiger partial charge in [0.25, 0.3) is 0 Å². The van der Waals surface area contributed by atoms with Gasteiger partial charge in [0.1, 0.15) is 0 Å². The van der Waals surface area contributed by atoms with Crippen LogP contribution in [0.1, 0.15) is 39.5 Å². The van der Waals surface area contributed by atoms with Gasteiger partial charge in [-0.3, -0.25) is 5.73 Å². The quantitative estimate of drug-likeness (QED) is 0.692. The van der Waals surface area contributed by atoms with Crippen LogP contribution in [0.25, 0.3) is 0 Å². The second-order valence-corrected chi connectivity index (χ2v) is 8.11. The Hall–Kier alpha value is -0.670. The molecule has 1 aliphatic heterocycles. The molecule has 7 atom stereocenters. The number of rotatable bonds is 0. The summed E-state index contributed by atoms with van der Waals surface area (Å²) >= 11 is 0. The summed E-state index contributed by atoms with van der Waals surface area (Å²) < 4.78 is 21.1. The molecule has 3 aliphatic carbocycles. The third kappa shape index (κ3) is 1.65. The predicted molar refractivity (Wildman–Crippen MR) is 81.2 cm³/mol. The van der Waals surface area contributed by atoms with Gasteiger partial charge in [-0.25, -0.2) is 4.39 Å². The number of hydrogen-bond donors (Lipinski definition) is 1. The minimum Gasteiger partial charge on any atom is -0.376 e. The summed E-state index contributed by atoms with van der Waals surface area (Å²) in [6, 6.07) is 0. The smallest absolute Gasteiger partial charge is 0.167 e. The van der Waals surface area contributed by atoms with E-state index in [1.165, 1.54) is 6.42 Å². The number of hydrogen-bond acceptors (Lipinski definition) is 2. The van der Waals surface area contributed by atoms with Crippen molar-refractivity contribution in [3.8, 4) is 0 Å². The van der Waals surface area contributed by atoms with Crippen molar-refractivity contribution in [1.82, 2.24) is 0 Å². The molecule has 0 radical (unpaired) electrons. The van der Waals surface area contributed by atoms with Gasteiger partial charge >= 0.3 is 0 Å². The topological polar surface area (TPSA) is 35.2 Å². The van der Waals surface area contributed by atoms with Crippen LogP contribution < -0.4 is 5.73 Å². The first-order chi connectivity index (χ1) is 9.88. The zero-order valence-electron chi connectivity index (χ0n) is 13.0. The van der Waals surface area contributed by atoms with E-state index in [1.54, 1.807) is 0 Å². The lowest BCUT2D eigenvalue weighted by Gasteiger charge is -2.57. The Balaban J connectivity index is 1.69. The second kappa shape index (κ2) is 4.20. The molecule has 0 amide bonds. The molecule has 2 unspecified atom stereocenters. The molecule has 0 aromatic carbocycles. The minimum absolute atomic E-state index is 0.0646. The van der Waals surface area contributed by atoms with E-state index in [1.807, 2.05) is 6.92 Å². The fourth-order valence-electron chi connectivity index (χ4n) is 5.66. The summed E-state index contributed by atoms with van der Waals surface area (Å²) in [5, 5.41) is 0. The number of halogens is 1. The first kappa shape index (κ1) is 14.0. The van der Waals surface area contributed by atoms with E-state index in [0.29, 0.717) is 30.8 Å². The lowest BCUT2D eigenvalue weighted by atomic mass is 9.54. The molecule has 4 rings (SSSR count). The maximum atomic E-state index is 14.8. The Morgan fingerprint density at radius 1 is 1.19 bits per heavy atom. The van der Waals surface area contributed by atoms with E-state index in [4.69, 9.17) is 10.5 Å². The van der Waals surface area contributed by atoms with E-state index < -0.39 is 11.2 Å². The first-order valence-electron chi connectivity index (χ1n) is 8.34. The van der Waals surface area contributed by atoms with Crippen molar-refractivity contribution >= 4 is 0 Å². The van der Waals surface area contributed by atoms with Crippen molar-refractivity contribution in [1.29, 1.82) is 0 Å². The highest BCUT2D eigenvalue weighted by Gasteiger charge is 2.64. The van der Waals surface area contributed by atoms with Crippen molar-refractivity contribution < 1.29 is 9.13 Å². The highest BCUT2D eigenvalue weighted by atomic mass is 19.1. The normalized spacial score (nSPS) is 58.5. The monoisotopic (exact) mass is 291 g/mol. The maximum Gasteiger partial charge on any atom is 0.167 e.